The lowest BCUT2D eigenvalue weighted by Gasteiger charge is -2.36. The topological polar surface area (TPSA) is 125 Å². The molecule has 1 aromatic carbocycles. The van der Waals surface area contributed by atoms with Gasteiger partial charge in [-0.05, 0) is 44.5 Å². The first-order valence-electron chi connectivity index (χ1n) is 10.9. The maximum Gasteiger partial charge on any atom is 0.303 e. The van der Waals surface area contributed by atoms with E-state index in [1.807, 2.05) is 19.1 Å². The average Bonchev–Trinajstić information content (AvgIpc) is 2.76. The molecule has 2 aromatic rings. The number of amides is 2. The van der Waals surface area contributed by atoms with E-state index in [1.54, 1.807) is 6.07 Å². The minimum Gasteiger partial charge on any atom is -0.481 e. The molecule has 10 heteroatoms. The molecular weight excluding hydrogens is 414 g/mol. The fourth-order valence-electron chi connectivity index (χ4n) is 4.41. The molecule has 0 bridgehead atoms. The Morgan fingerprint density at radius 2 is 1.91 bits per heavy atom. The maximum atomic E-state index is 13.1. The fraction of sp³-hybridized carbons (Fsp3) is 0.500. The van der Waals surface area contributed by atoms with Gasteiger partial charge in [0.25, 0.3) is 11.5 Å². The zero-order valence-electron chi connectivity index (χ0n) is 18.0. The van der Waals surface area contributed by atoms with Gasteiger partial charge >= 0.3 is 5.97 Å². The number of aromatic nitrogens is 2. The molecule has 170 valence electrons. The lowest BCUT2D eigenvalue weighted by atomic mass is 10.1. The molecule has 4 rings (SSSR count). The molecule has 0 aliphatic carbocycles. The smallest absolute Gasteiger partial charge is 0.303 e. The van der Waals surface area contributed by atoms with Gasteiger partial charge in [-0.25, -0.2) is 4.68 Å². The molecule has 2 aliphatic rings. The average molecular weight is 441 g/mol. The number of aryl methyl sites for hydroxylation is 1. The number of hydrogen-bond acceptors (Lipinski definition) is 7. The number of nitrogens with zero attached hydrogens (tertiary/aromatic N) is 4. The van der Waals surface area contributed by atoms with Crippen molar-refractivity contribution >= 4 is 34.2 Å². The molecule has 0 saturated carbocycles. The third-order valence-electron chi connectivity index (χ3n) is 6.20. The summed E-state index contributed by atoms with van der Waals surface area (Å²) < 4.78 is 1.20. The van der Waals surface area contributed by atoms with Gasteiger partial charge in [-0.3, -0.25) is 29.4 Å². The normalized spacial score (nSPS) is 19.9. The highest BCUT2D eigenvalue weighted by Crippen LogP contribution is 2.25. The van der Waals surface area contributed by atoms with Gasteiger partial charge < -0.3 is 10.0 Å². The predicted octanol–water partition coefficient (Wildman–Crippen LogP) is 0.669. The van der Waals surface area contributed by atoms with Crippen molar-refractivity contribution < 1.29 is 19.5 Å². The van der Waals surface area contributed by atoms with E-state index in [1.165, 1.54) is 4.68 Å². The summed E-state index contributed by atoms with van der Waals surface area (Å²) >= 11 is 0. The first kappa shape index (κ1) is 21.9. The summed E-state index contributed by atoms with van der Waals surface area (Å²) in [6, 6.07) is 4.88. The Balaban J connectivity index is 1.51. The highest BCUT2D eigenvalue weighted by molar-refractivity contribution is 5.99. The first-order chi connectivity index (χ1) is 15.3. The Kier molecular flexibility index (Phi) is 6.22. The van der Waals surface area contributed by atoms with Gasteiger partial charge in [-0.2, -0.15) is 5.10 Å². The highest BCUT2D eigenvalue weighted by atomic mass is 16.4. The molecule has 0 spiro atoms. The number of nitrogens with one attached hydrogen (secondary N) is 1. The minimum atomic E-state index is -0.780. The molecule has 2 fully saturated rings. The summed E-state index contributed by atoms with van der Waals surface area (Å²) in [5.41, 5.74) is 1.32. The van der Waals surface area contributed by atoms with Gasteiger partial charge in [0.2, 0.25) is 5.91 Å². The Morgan fingerprint density at radius 1 is 1.16 bits per heavy atom. The Labute approximate surface area is 184 Å². The molecule has 32 heavy (non-hydrogen) atoms. The zero-order chi connectivity index (χ0) is 22.8. The lowest BCUT2D eigenvalue weighted by Crippen LogP contribution is -2.46. The number of anilines is 1. The lowest BCUT2D eigenvalue weighted by molar-refractivity contribution is -0.138. The monoisotopic (exact) mass is 441 g/mol. The number of piperazine rings is 1. The van der Waals surface area contributed by atoms with Crippen LogP contribution in [0, 0.1) is 6.92 Å². The SMILES string of the molecule is Cc1nn(C2CCC(=O)NC2=O)c(=O)c2ccc(N3CCN(CCCC(=O)O)CC3)cc12. The number of carboxylic acid groups (broad SMARTS) is 1. The second kappa shape index (κ2) is 9.07. The van der Waals surface area contributed by atoms with Crippen LogP contribution in [0.5, 0.6) is 0 Å². The molecule has 2 N–H and O–H groups in total. The Bertz CT molecular complexity index is 1120. The van der Waals surface area contributed by atoms with Crippen LogP contribution in [0.4, 0.5) is 5.69 Å². The molecular formula is C22H27N5O5. The van der Waals surface area contributed by atoms with Crippen molar-refractivity contribution in [2.24, 2.45) is 0 Å². The van der Waals surface area contributed by atoms with Crippen LogP contribution in [-0.4, -0.2) is 70.3 Å². The molecule has 3 heterocycles. The number of aliphatic carboxylic acids is 1. The van der Waals surface area contributed by atoms with Crippen molar-refractivity contribution in [2.45, 2.75) is 38.6 Å². The largest absolute Gasteiger partial charge is 0.481 e. The van der Waals surface area contributed by atoms with Crippen molar-refractivity contribution in [1.29, 1.82) is 0 Å². The van der Waals surface area contributed by atoms with Crippen LogP contribution in [0.15, 0.2) is 23.0 Å². The first-order valence-corrected chi connectivity index (χ1v) is 10.9. The molecule has 2 amide bonds. The van der Waals surface area contributed by atoms with E-state index >= 15 is 0 Å². The summed E-state index contributed by atoms with van der Waals surface area (Å²) in [6.07, 6.45) is 1.28. The number of benzene rings is 1. The molecule has 0 radical (unpaired) electrons. The van der Waals surface area contributed by atoms with Crippen molar-refractivity contribution in [3.05, 3.63) is 34.2 Å². The second-order valence-corrected chi connectivity index (χ2v) is 8.36. The quantitative estimate of drug-likeness (QED) is 0.627. The maximum absolute atomic E-state index is 13.1. The highest BCUT2D eigenvalue weighted by Gasteiger charge is 2.30. The van der Waals surface area contributed by atoms with Crippen molar-refractivity contribution in [3.63, 3.8) is 0 Å². The number of hydrogen-bond donors (Lipinski definition) is 2. The molecule has 2 saturated heterocycles. The van der Waals surface area contributed by atoms with Crippen LogP contribution in [0.2, 0.25) is 0 Å². The van der Waals surface area contributed by atoms with Crippen molar-refractivity contribution in [3.8, 4) is 0 Å². The Morgan fingerprint density at radius 3 is 2.59 bits per heavy atom. The second-order valence-electron chi connectivity index (χ2n) is 8.36. The van der Waals surface area contributed by atoms with Crippen LogP contribution < -0.4 is 15.8 Å². The molecule has 10 nitrogen and oxygen atoms in total. The number of carbonyl (C=O) groups excluding carboxylic acids is 2. The molecule has 1 atom stereocenters. The van der Waals surface area contributed by atoms with E-state index in [2.05, 4.69) is 20.2 Å². The molecule has 1 unspecified atom stereocenters. The van der Waals surface area contributed by atoms with Gasteiger partial charge in [0, 0.05) is 50.1 Å². The summed E-state index contributed by atoms with van der Waals surface area (Å²) in [6.45, 7) is 5.93. The van der Waals surface area contributed by atoms with Crippen LogP contribution in [0.25, 0.3) is 10.8 Å². The number of rotatable bonds is 6. The van der Waals surface area contributed by atoms with E-state index < -0.39 is 17.9 Å². The van der Waals surface area contributed by atoms with Gasteiger partial charge in [0.05, 0.1) is 11.1 Å². The molecule has 1 aromatic heterocycles. The van der Waals surface area contributed by atoms with Gasteiger partial charge in [-0.1, -0.05) is 0 Å². The van der Waals surface area contributed by atoms with E-state index in [4.69, 9.17) is 5.11 Å². The van der Waals surface area contributed by atoms with Crippen LogP contribution in [-0.2, 0) is 14.4 Å². The van der Waals surface area contributed by atoms with E-state index in [0.717, 1.165) is 43.8 Å². The van der Waals surface area contributed by atoms with E-state index in [9.17, 15) is 19.2 Å². The minimum absolute atomic E-state index is 0.183. The Hall–Kier alpha value is -3.27. The van der Waals surface area contributed by atoms with Gasteiger partial charge in [-0.15, -0.1) is 0 Å². The van der Waals surface area contributed by atoms with Crippen molar-refractivity contribution in [1.82, 2.24) is 20.0 Å². The number of imide groups is 1. The third-order valence-corrected chi connectivity index (χ3v) is 6.20. The number of fused-ring (bicyclic) bond motifs is 1. The van der Waals surface area contributed by atoms with E-state index in [-0.39, 0.29) is 30.7 Å². The number of carboxylic acids is 1. The van der Waals surface area contributed by atoms with Crippen LogP contribution in [0.1, 0.15) is 37.4 Å². The number of piperidine rings is 1. The summed E-state index contributed by atoms with van der Waals surface area (Å²) in [5.74, 6) is -1.59. The summed E-state index contributed by atoms with van der Waals surface area (Å²) in [7, 11) is 0. The van der Waals surface area contributed by atoms with Crippen molar-refractivity contribution in [2.75, 3.05) is 37.6 Å². The number of carbonyl (C=O) groups is 3. The van der Waals surface area contributed by atoms with Gasteiger partial charge in [0.15, 0.2) is 0 Å². The van der Waals surface area contributed by atoms with Crippen LogP contribution >= 0.6 is 0 Å². The zero-order valence-corrected chi connectivity index (χ0v) is 18.0. The standard InChI is InChI=1S/C22H27N5O5/c1-14-17-13-15(26-11-9-25(10-12-26)8-2-3-20(29)30)4-5-16(17)22(32)27(24-14)18-6-7-19(28)23-21(18)31/h4-5,13,18H,2-3,6-12H2,1H3,(H,29,30)(H,23,28,31). The van der Waals surface area contributed by atoms with Crippen LogP contribution in [0.3, 0.4) is 0 Å². The van der Waals surface area contributed by atoms with E-state index in [0.29, 0.717) is 17.5 Å². The summed E-state index contributed by atoms with van der Waals surface area (Å²) in [5, 5.41) is 16.7. The predicted molar refractivity (Wildman–Crippen MR) is 118 cm³/mol. The molecule has 2 aliphatic heterocycles. The summed E-state index contributed by atoms with van der Waals surface area (Å²) in [4.78, 5) is 51.9. The third kappa shape index (κ3) is 4.50. The fourth-order valence-corrected chi connectivity index (χ4v) is 4.41. The van der Waals surface area contributed by atoms with Gasteiger partial charge in [0.1, 0.15) is 6.04 Å².